The van der Waals surface area contributed by atoms with E-state index in [0.717, 1.165) is 23.8 Å². The van der Waals surface area contributed by atoms with Crippen molar-refractivity contribution in [2.24, 2.45) is 17.8 Å². The van der Waals surface area contributed by atoms with Crippen LogP contribution in [0.5, 0.6) is 0 Å². The fourth-order valence-electron chi connectivity index (χ4n) is 2.59. The molecular weight excluding hydrogens is 158 g/mol. The van der Waals surface area contributed by atoms with Gasteiger partial charge in [0, 0.05) is 6.04 Å². The topological polar surface area (TPSA) is 12.0 Å². The Morgan fingerprint density at radius 2 is 1.85 bits per heavy atom. The molecule has 3 unspecified atom stereocenters. The van der Waals surface area contributed by atoms with Crippen LogP contribution in [0.15, 0.2) is 0 Å². The summed E-state index contributed by atoms with van der Waals surface area (Å²) < 4.78 is 0. The van der Waals surface area contributed by atoms with Gasteiger partial charge in [-0.3, -0.25) is 0 Å². The minimum absolute atomic E-state index is 0.893. The summed E-state index contributed by atoms with van der Waals surface area (Å²) in [5.41, 5.74) is 0. The Labute approximate surface area is 82.3 Å². The molecule has 2 aliphatic rings. The first-order chi connectivity index (χ1) is 6.27. The van der Waals surface area contributed by atoms with E-state index < -0.39 is 0 Å². The first-order valence-corrected chi connectivity index (χ1v) is 6.00. The summed E-state index contributed by atoms with van der Waals surface area (Å²) in [7, 11) is 0. The van der Waals surface area contributed by atoms with E-state index in [1.807, 2.05) is 0 Å². The van der Waals surface area contributed by atoms with Crippen LogP contribution in [0.1, 0.15) is 46.0 Å². The van der Waals surface area contributed by atoms with Gasteiger partial charge in [-0.05, 0) is 43.6 Å². The van der Waals surface area contributed by atoms with Crippen molar-refractivity contribution in [1.29, 1.82) is 0 Å². The Morgan fingerprint density at radius 1 is 1.08 bits per heavy atom. The highest BCUT2D eigenvalue weighted by Gasteiger charge is 2.28. The molecule has 0 bridgehead atoms. The molecule has 0 saturated heterocycles. The second-order valence-electron chi connectivity index (χ2n) is 5.21. The lowest BCUT2D eigenvalue weighted by Gasteiger charge is -2.34. The van der Waals surface area contributed by atoms with Crippen molar-refractivity contribution in [3.05, 3.63) is 0 Å². The molecule has 0 aromatic carbocycles. The molecule has 2 saturated carbocycles. The number of rotatable bonds is 3. The summed E-state index contributed by atoms with van der Waals surface area (Å²) >= 11 is 0. The molecule has 1 N–H and O–H groups in total. The number of nitrogens with one attached hydrogen (secondary N) is 1. The van der Waals surface area contributed by atoms with E-state index in [2.05, 4.69) is 19.2 Å². The van der Waals surface area contributed by atoms with Crippen molar-refractivity contribution in [2.75, 3.05) is 6.54 Å². The fourth-order valence-corrected chi connectivity index (χ4v) is 2.59. The van der Waals surface area contributed by atoms with E-state index in [1.165, 1.54) is 38.6 Å². The molecule has 0 amide bonds. The average molecular weight is 181 g/mol. The zero-order chi connectivity index (χ0) is 9.26. The first-order valence-electron chi connectivity index (χ1n) is 6.00. The molecule has 0 spiro atoms. The van der Waals surface area contributed by atoms with E-state index in [-0.39, 0.29) is 0 Å². The number of hydrogen-bond donors (Lipinski definition) is 1. The van der Waals surface area contributed by atoms with Crippen LogP contribution in [-0.4, -0.2) is 12.6 Å². The van der Waals surface area contributed by atoms with Gasteiger partial charge in [-0.2, -0.15) is 0 Å². The molecule has 76 valence electrons. The summed E-state index contributed by atoms with van der Waals surface area (Å²) in [6.45, 7) is 6.16. The van der Waals surface area contributed by atoms with Crippen LogP contribution < -0.4 is 5.32 Å². The van der Waals surface area contributed by atoms with Crippen molar-refractivity contribution < 1.29 is 0 Å². The van der Waals surface area contributed by atoms with Crippen LogP contribution in [0.3, 0.4) is 0 Å². The summed E-state index contributed by atoms with van der Waals surface area (Å²) in [5, 5.41) is 3.68. The van der Waals surface area contributed by atoms with Crippen molar-refractivity contribution in [3.8, 4) is 0 Å². The van der Waals surface area contributed by atoms with Gasteiger partial charge in [0.1, 0.15) is 0 Å². The molecule has 0 heterocycles. The molecule has 1 nitrogen and oxygen atoms in total. The molecule has 2 rings (SSSR count). The molecule has 0 radical (unpaired) electrons. The van der Waals surface area contributed by atoms with Crippen LogP contribution in [0.2, 0.25) is 0 Å². The van der Waals surface area contributed by atoms with Gasteiger partial charge in [0.2, 0.25) is 0 Å². The highest BCUT2D eigenvalue weighted by Crippen LogP contribution is 2.34. The monoisotopic (exact) mass is 181 g/mol. The fraction of sp³-hybridized carbons (Fsp3) is 1.00. The highest BCUT2D eigenvalue weighted by atomic mass is 14.9. The van der Waals surface area contributed by atoms with Gasteiger partial charge in [0.25, 0.3) is 0 Å². The maximum atomic E-state index is 3.68. The summed E-state index contributed by atoms with van der Waals surface area (Å²) in [5.74, 6) is 2.86. The van der Waals surface area contributed by atoms with Gasteiger partial charge < -0.3 is 5.32 Å². The van der Waals surface area contributed by atoms with E-state index in [4.69, 9.17) is 0 Å². The predicted octanol–water partition coefficient (Wildman–Crippen LogP) is 2.81. The Morgan fingerprint density at radius 3 is 2.54 bits per heavy atom. The SMILES string of the molecule is CC1CCCC(CNC2CC2)C1C. The van der Waals surface area contributed by atoms with Gasteiger partial charge in [0.15, 0.2) is 0 Å². The van der Waals surface area contributed by atoms with Crippen LogP contribution in [-0.2, 0) is 0 Å². The zero-order valence-electron chi connectivity index (χ0n) is 9.05. The third kappa shape index (κ3) is 2.46. The summed E-state index contributed by atoms with van der Waals surface area (Å²) in [4.78, 5) is 0. The maximum absolute atomic E-state index is 3.68. The molecule has 0 aromatic rings. The Hall–Kier alpha value is -0.0400. The quantitative estimate of drug-likeness (QED) is 0.706. The Bertz CT molecular complexity index is 163. The van der Waals surface area contributed by atoms with E-state index >= 15 is 0 Å². The lowest BCUT2D eigenvalue weighted by Crippen LogP contribution is -2.33. The zero-order valence-corrected chi connectivity index (χ0v) is 9.05. The standard InChI is InChI=1S/C12H23N/c1-9-4-3-5-11(10(9)2)8-13-12-6-7-12/h9-13H,3-8H2,1-2H3. The van der Waals surface area contributed by atoms with Crippen LogP contribution in [0.25, 0.3) is 0 Å². The normalized spacial score (nSPS) is 40.6. The molecule has 0 aromatic heterocycles. The smallest absolute Gasteiger partial charge is 0.00683 e. The van der Waals surface area contributed by atoms with Crippen LogP contribution >= 0.6 is 0 Å². The van der Waals surface area contributed by atoms with Crippen LogP contribution in [0.4, 0.5) is 0 Å². The van der Waals surface area contributed by atoms with Gasteiger partial charge in [0.05, 0.1) is 0 Å². The summed E-state index contributed by atoms with van der Waals surface area (Å²) in [6.07, 6.45) is 7.24. The minimum atomic E-state index is 0.893. The largest absolute Gasteiger partial charge is 0.314 e. The van der Waals surface area contributed by atoms with Crippen molar-refractivity contribution >= 4 is 0 Å². The minimum Gasteiger partial charge on any atom is -0.314 e. The Balaban J connectivity index is 1.75. The van der Waals surface area contributed by atoms with Gasteiger partial charge in [-0.15, -0.1) is 0 Å². The second-order valence-corrected chi connectivity index (χ2v) is 5.21. The van der Waals surface area contributed by atoms with Gasteiger partial charge in [-0.1, -0.05) is 26.7 Å². The number of hydrogen-bond acceptors (Lipinski definition) is 1. The van der Waals surface area contributed by atoms with Gasteiger partial charge >= 0.3 is 0 Å². The van der Waals surface area contributed by atoms with Crippen LogP contribution in [0, 0.1) is 17.8 Å². The average Bonchev–Trinajstić information content (AvgIpc) is 2.91. The molecule has 3 atom stereocenters. The molecule has 0 aliphatic heterocycles. The third-order valence-electron chi connectivity index (χ3n) is 4.12. The summed E-state index contributed by atoms with van der Waals surface area (Å²) in [6, 6.07) is 0.893. The maximum Gasteiger partial charge on any atom is 0.00683 e. The van der Waals surface area contributed by atoms with E-state index in [9.17, 15) is 0 Å². The van der Waals surface area contributed by atoms with E-state index in [0.29, 0.717) is 0 Å². The third-order valence-corrected chi connectivity index (χ3v) is 4.12. The lowest BCUT2D eigenvalue weighted by atomic mass is 9.74. The van der Waals surface area contributed by atoms with Crippen molar-refractivity contribution in [2.45, 2.75) is 52.0 Å². The second kappa shape index (κ2) is 4.00. The molecule has 1 heteroatoms. The Kier molecular flexibility index (Phi) is 2.92. The molecular formula is C12H23N. The molecule has 2 fully saturated rings. The highest BCUT2D eigenvalue weighted by molar-refractivity contribution is 4.84. The lowest BCUT2D eigenvalue weighted by molar-refractivity contribution is 0.178. The molecule has 13 heavy (non-hydrogen) atoms. The van der Waals surface area contributed by atoms with E-state index in [1.54, 1.807) is 0 Å². The molecule has 2 aliphatic carbocycles. The van der Waals surface area contributed by atoms with Crippen molar-refractivity contribution in [1.82, 2.24) is 5.32 Å². The first kappa shape index (κ1) is 9.51. The van der Waals surface area contributed by atoms with Gasteiger partial charge in [-0.25, -0.2) is 0 Å². The van der Waals surface area contributed by atoms with Crippen molar-refractivity contribution in [3.63, 3.8) is 0 Å². The predicted molar refractivity (Wildman–Crippen MR) is 56.7 cm³/mol.